The molecular formula is C30H41N3O4S2. The fraction of sp³-hybridized carbons (Fsp3) is 0.567. The molecule has 0 saturated carbocycles. The molecule has 39 heavy (non-hydrogen) atoms. The van der Waals surface area contributed by atoms with Crippen molar-refractivity contribution in [1.82, 2.24) is 14.8 Å². The van der Waals surface area contributed by atoms with Crippen LogP contribution in [0.4, 0.5) is 0 Å². The summed E-state index contributed by atoms with van der Waals surface area (Å²) in [4.78, 5) is 9.61. The number of likely N-dealkylation sites (tertiary alicyclic amines) is 1. The summed E-state index contributed by atoms with van der Waals surface area (Å²) < 4.78 is 12.4. The van der Waals surface area contributed by atoms with E-state index < -0.39 is 6.10 Å². The number of rotatable bonds is 12. The van der Waals surface area contributed by atoms with Crippen molar-refractivity contribution in [2.24, 2.45) is 5.41 Å². The van der Waals surface area contributed by atoms with E-state index in [0.29, 0.717) is 6.42 Å². The van der Waals surface area contributed by atoms with Gasteiger partial charge in [-0.25, -0.2) is 0 Å². The lowest BCUT2D eigenvalue weighted by molar-refractivity contribution is 0.0245. The molecule has 1 atom stereocenters. The number of nitrogens with zero attached hydrogens (tertiary/aromatic N) is 3. The van der Waals surface area contributed by atoms with E-state index in [1.165, 1.54) is 4.21 Å². The summed E-state index contributed by atoms with van der Waals surface area (Å²) in [5.74, 6) is 1.85. The second-order valence-corrected chi connectivity index (χ2v) is 13.1. The van der Waals surface area contributed by atoms with Gasteiger partial charge in [0.1, 0.15) is 5.75 Å². The average molecular weight is 572 g/mol. The Bertz CT molecular complexity index is 1180. The SMILES string of the molecule is COc1ccc2ncc(CN3CCOCC3)c([C@@H](O)CCC3(CO)CCN(CCSc4cccs4)CC3)c2c1. The van der Waals surface area contributed by atoms with E-state index in [2.05, 4.69) is 27.3 Å². The predicted molar refractivity (Wildman–Crippen MR) is 159 cm³/mol. The van der Waals surface area contributed by atoms with Crippen LogP contribution in [0.25, 0.3) is 10.9 Å². The zero-order valence-electron chi connectivity index (χ0n) is 22.9. The summed E-state index contributed by atoms with van der Waals surface area (Å²) in [6.45, 7) is 7.19. The van der Waals surface area contributed by atoms with Crippen molar-refractivity contribution in [3.05, 3.63) is 53.0 Å². The van der Waals surface area contributed by atoms with Crippen molar-refractivity contribution in [2.45, 2.75) is 42.5 Å². The van der Waals surface area contributed by atoms with Crippen LogP contribution in [-0.4, -0.2) is 90.4 Å². The first-order valence-corrected chi connectivity index (χ1v) is 15.9. The Morgan fingerprint density at radius 2 is 1.97 bits per heavy atom. The molecule has 2 aliphatic rings. The molecular weight excluding hydrogens is 530 g/mol. The first-order chi connectivity index (χ1) is 19.1. The standard InChI is InChI=1S/C30H41N3O4S2/c1-36-24-4-5-26-25(19-24)29(23(20-31-26)21-33-12-15-37-16-13-33)27(35)6-7-30(22-34)8-10-32(11-9-30)14-18-39-28-3-2-17-38-28/h2-5,17,19-20,27,34-35H,6-16,18,21-22H2,1H3/t27-/m0/s1. The lowest BCUT2D eigenvalue weighted by Crippen LogP contribution is -2.43. The Hall–Kier alpha value is -1.72. The van der Waals surface area contributed by atoms with E-state index in [0.717, 1.165) is 105 Å². The van der Waals surface area contributed by atoms with Gasteiger partial charge < -0.3 is 24.6 Å². The molecule has 3 aromatic rings. The molecule has 5 rings (SSSR count). The predicted octanol–water partition coefficient (Wildman–Crippen LogP) is 4.82. The third-order valence-electron chi connectivity index (χ3n) is 8.38. The first kappa shape index (κ1) is 28.8. The number of morpholine rings is 1. The highest BCUT2D eigenvalue weighted by Crippen LogP contribution is 2.40. The Kier molecular flexibility index (Phi) is 10.2. The highest BCUT2D eigenvalue weighted by atomic mass is 32.2. The van der Waals surface area contributed by atoms with E-state index in [-0.39, 0.29) is 12.0 Å². The Balaban J connectivity index is 1.25. The van der Waals surface area contributed by atoms with Gasteiger partial charge in [0.2, 0.25) is 0 Å². The van der Waals surface area contributed by atoms with Crippen molar-refractivity contribution >= 4 is 34.0 Å². The lowest BCUT2D eigenvalue weighted by atomic mass is 9.74. The zero-order valence-corrected chi connectivity index (χ0v) is 24.5. The molecule has 2 N–H and O–H groups in total. The number of aliphatic hydroxyl groups excluding tert-OH is 2. The molecule has 0 bridgehead atoms. The maximum atomic E-state index is 11.7. The van der Waals surface area contributed by atoms with Crippen molar-refractivity contribution in [3.63, 3.8) is 0 Å². The topological polar surface area (TPSA) is 78.3 Å². The summed E-state index contributed by atoms with van der Waals surface area (Å²) in [7, 11) is 1.67. The van der Waals surface area contributed by atoms with Gasteiger partial charge in [0.15, 0.2) is 0 Å². The number of thioether (sulfide) groups is 1. The summed E-state index contributed by atoms with van der Waals surface area (Å²) >= 11 is 3.73. The van der Waals surface area contributed by atoms with Gasteiger partial charge in [0, 0.05) is 50.1 Å². The van der Waals surface area contributed by atoms with Crippen LogP contribution in [0.15, 0.2) is 46.1 Å². The maximum absolute atomic E-state index is 11.7. The number of thiophene rings is 1. The highest BCUT2D eigenvalue weighted by Gasteiger charge is 2.35. The molecule has 2 aliphatic heterocycles. The van der Waals surface area contributed by atoms with Crippen LogP contribution in [-0.2, 0) is 11.3 Å². The molecule has 7 nitrogen and oxygen atoms in total. The molecule has 0 aliphatic carbocycles. The monoisotopic (exact) mass is 571 g/mol. The minimum Gasteiger partial charge on any atom is -0.497 e. The molecule has 2 saturated heterocycles. The molecule has 0 unspecified atom stereocenters. The molecule has 9 heteroatoms. The number of aliphatic hydroxyl groups is 2. The van der Waals surface area contributed by atoms with Crippen molar-refractivity contribution in [3.8, 4) is 5.75 Å². The van der Waals surface area contributed by atoms with Crippen LogP contribution in [0, 0.1) is 5.41 Å². The molecule has 0 spiro atoms. The smallest absolute Gasteiger partial charge is 0.119 e. The Morgan fingerprint density at radius 1 is 1.15 bits per heavy atom. The second kappa shape index (κ2) is 13.8. The van der Waals surface area contributed by atoms with Crippen LogP contribution in [0.2, 0.25) is 0 Å². The molecule has 4 heterocycles. The molecule has 212 valence electrons. The third kappa shape index (κ3) is 7.33. The van der Waals surface area contributed by atoms with Gasteiger partial charge in [0.25, 0.3) is 0 Å². The fourth-order valence-corrected chi connectivity index (χ4v) is 7.69. The fourth-order valence-electron chi connectivity index (χ4n) is 5.83. The number of hydrogen-bond acceptors (Lipinski definition) is 9. The van der Waals surface area contributed by atoms with Crippen molar-refractivity contribution in [2.75, 3.05) is 65.4 Å². The number of ether oxygens (including phenoxy) is 2. The van der Waals surface area contributed by atoms with E-state index in [1.54, 1.807) is 18.4 Å². The Morgan fingerprint density at radius 3 is 2.69 bits per heavy atom. The van der Waals surface area contributed by atoms with Crippen LogP contribution in [0.5, 0.6) is 5.75 Å². The zero-order chi connectivity index (χ0) is 27.1. The second-order valence-electron chi connectivity index (χ2n) is 10.8. The largest absolute Gasteiger partial charge is 0.497 e. The van der Waals surface area contributed by atoms with Crippen LogP contribution >= 0.6 is 23.1 Å². The van der Waals surface area contributed by atoms with E-state index >= 15 is 0 Å². The first-order valence-electron chi connectivity index (χ1n) is 14.0. The number of pyridine rings is 1. The highest BCUT2D eigenvalue weighted by molar-refractivity contribution is 8.01. The summed E-state index contributed by atoms with van der Waals surface area (Å²) in [5.41, 5.74) is 2.73. The van der Waals surface area contributed by atoms with Crippen LogP contribution in [0.3, 0.4) is 0 Å². The minimum absolute atomic E-state index is 0.136. The maximum Gasteiger partial charge on any atom is 0.119 e. The van der Waals surface area contributed by atoms with Gasteiger partial charge in [-0.05, 0) is 85.0 Å². The van der Waals surface area contributed by atoms with E-state index in [9.17, 15) is 10.2 Å². The molecule has 2 aromatic heterocycles. The van der Waals surface area contributed by atoms with Gasteiger partial charge in [0.05, 0.1) is 36.2 Å². The summed E-state index contributed by atoms with van der Waals surface area (Å²) in [6.07, 6.45) is 4.63. The minimum atomic E-state index is -0.637. The third-order valence-corrected chi connectivity index (χ3v) is 10.5. The van der Waals surface area contributed by atoms with Crippen molar-refractivity contribution < 1.29 is 19.7 Å². The molecule has 0 amide bonds. The lowest BCUT2D eigenvalue weighted by Gasteiger charge is -2.41. The molecule has 0 radical (unpaired) electrons. The van der Waals surface area contributed by atoms with Crippen LogP contribution < -0.4 is 4.74 Å². The number of benzene rings is 1. The van der Waals surface area contributed by atoms with Crippen molar-refractivity contribution in [1.29, 1.82) is 0 Å². The number of hydrogen-bond donors (Lipinski definition) is 2. The summed E-state index contributed by atoms with van der Waals surface area (Å²) in [6, 6.07) is 10.2. The number of aromatic nitrogens is 1. The normalized spacial score (nSPS) is 19.4. The van der Waals surface area contributed by atoms with Gasteiger partial charge in [-0.1, -0.05) is 6.07 Å². The van der Waals surface area contributed by atoms with Gasteiger partial charge >= 0.3 is 0 Å². The molecule has 2 fully saturated rings. The van der Waals surface area contributed by atoms with E-state index in [4.69, 9.17) is 14.5 Å². The van der Waals surface area contributed by atoms with Gasteiger partial charge in [-0.3, -0.25) is 9.88 Å². The quantitative estimate of drug-likeness (QED) is 0.300. The number of methoxy groups -OCH3 is 1. The van der Waals surface area contributed by atoms with E-state index in [1.807, 2.05) is 36.2 Å². The average Bonchev–Trinajstić information content (AvgIpc) is 3.50. The van der Waals surface area contributed by atoms with Crippen LogP contribution in [0.1, 0.15) is 42.9 Å². The molecule has 1 aromatic carbocycles. The number of fused-ring (bicyclic) bond motifs is 1. The van der Waals surface area contributed by atoms with Gasteiger partial charge in [-0.2, -0.15) is 0 Å². The van der Waals surface area contributed by atoms with Gasteiger partial charge in [-0.15, -0.1) is 23.1 Å². The summed E-state index contributed by atoms with van der Waals surface area (Å²) in [5, 5.41) is 25.2. The Labute approximate surface area is 240 Å². The number of piperidine rings is 1.